The van der Waals surface area contributed by atoms with E-state index in [1.165, 1.54) is 12.1 Å². The summed E-state index contributed by atoms with van der Waals surface area (Å²) in [6, 6.07) is 4.65. The molecule has 1 aromatic rings. The number of nitriles is 1. The molecule has 0 aliphatic carbocycles. The fraction of sp³-hybridized carbons (Fsp3) is 0.400. The van der Waals surface area contributed by atoms with Crippen LogP contribution < -0.4 is 4.90 Å². The molecule has 0 aromatic heterocycles. The van der Waals surface area contributed by atoms with Gasteiger partial charge in [0.2, 0.25) is 0 Å². The second-order valence-corrected chi connectivity index (χ2v) is 5.93. The molecule has 2 rings (SSSR count). The van der Waals surface area contributed by atoms with Crippen molar-refractivity contribution in [3.63, 3.8) is 0 Å². The summed E-state index contributed by atoms with van der Waals surface area (Å²) >= 11 is 5.25. The summed E-state index contributed by atoms with van der Waals surface area (Å²) in [6.45, 7) is 5.60. The van der Waals surface area contributed by atoms with Crippen molar-refractivity contribution in [2.45, 2.75) is 32.5 Å². The average molecular weight is 341 g/mol. The maximum absolute atomic E-state index is 13.1. The van der Waals surface area contributed by atoms with Crippen LogP contribution >= 0.6 is 12.2 Å². The number of carbonyl (C=O) groups is 1. The summed E-state index contributed by atoms with van der Waals surface area (Å²) < 4.78 is 39.3. The third kappa shape index (κ3) is 2.65. The lowest BCUT2D eigenvalue weighted by Crippen LogP contribution is -2.43. The minimum atomic E-state index is -4.69. The van der Waals surface area contributed by atoms with Crippen LogP contribution in [0.15, 0.2) is 18.2 Å². The summed E-state index contributed by atoms with van der Waals surface area (Å²) in [5.74, 6) is -0.401. The van der Waals surface area contributed by atoms with E-state index in [9.17, 15) is 18.0 Å². The van der Waals surface area contributed by atoms with Crippen molar-refractivity contribution >= 4 is 28.9 Å². The summed E-state index contributed by atoms with van der Waals surface area (Å²) in [5, 5.41) is 8.99. The van der Waals surface area contributed by atoms with Gasteiger partial charge in [-0.1, -0.05) is 0 Å². The van der Waals surface area contributed by atoms with Crippen LogP contribution in [0.4, 0.5) is 18.9 Å². The Labute approximate surface area is 137 Å². The molecule has 0 spiro atoms. The van der Waals surface area contributed by atoms with Crippen LogP contribution in [0, 0.1) is 11.3 Å². The number of carbonyl (C=O) groups excluding carboxylic acids is 1. The highest BCUT2D eigenvalue weighted by Gasteiger charge is 2.49. The molecule has 1 heterocycles. The predicted octanol–water partition coefficient (Wildman–Crippen LogP) is 3.31. The number of rotatable bonds is 2. The first kappa shape index (κ1) is 17.2. The Morgan fingerprint density at radius 1 is 1.35 bits per heavy atom. The van der Waals surface area contributed by atoms with Gasteiger partial charge in [0.15, 0.2) is 5.11 Å². The van der Waals surface area contributed by atoms with Gasteiger partial charge >= 0.3 is 6.18 Å². The molecule has 0 saturated carbocycles. The normalized spacial score (nSPS) is 17.6. The number of likely N-dealkylation sites (N-methyl/N-ethyl adjacent to an activating group) is 1. The molecule has 0 unspecified atom stereocenters. The zero-order valence-electron chi connectivity index (χ0n) is 12.7. The lowest BCUT2D eigenvalue weighted by Gasteiger charge is -2.27. The van der Waals surface area contributed by atoms with Crippen LogP contribution in [0.2, 0.25) is 0 Å². The van der Waals surface area contributed by atoms with E-state index in [0.29, 0.717) is 6.54 Å². The smallest absolute Gasteiger partial charge is 0.335 e. The molecular weight excluding hydrogens is 327 g/mol. The molecule has 23 heavy (non-hydrogen) atoms. The summed E-state index contributed by atoms with van der Waals surface area (Å²) in [6.07, 6.45) is -4.69. The van der Waals surface area contributed by atoms with Crippen LogP contribution in [0.1, 0.15) is 31.9 Å². The van der Waals surface area contributed by atoms with Crippen molar-refractivity contribution < 1.29 is 18.0 Å². The van der Waals surface area contributed by atoms with Gasteiger partial charge in [0, 0.05) is 6.54 Å². The predicted molar refractivity (Wildman–Crippen MR) is 82.7 cm³/mol. The van der Waals surface area contributed by atoms with Crippen LogP contribution in [0.25, 0.3) is 0 Å². The lowest BCUT2D eigenvalue weighted by atomic mass is 10.0. The molecule has 1 aliphatic heterocycles. The largest absolute Gasteiger partial charge is 0.417 e. The van der Waals surface area contributed by atoms with E-state index in [1.807, 2.05) is 6.92 Å². The molecule has 1 fully saturated rings. The first-order valence-electron chi connectivity index (χ1n) is 6.83. The van der Waals surface area contributed by atoms with E-state index >= 15 is 0 Å². The van der Waals surface area contributed by atoms with Gasteiger partial charge < -0.3 is 4.90 Å². The summed E-state index contributed by atoms with van der Waals surface area (Å²) in [7, 11) is 0. The second-order valence-electron chi connectivity index (χ2n) is 5.57. The fourth-order valence-corrected chi connectivity index (χ4v) is 3.14. The van der Waals surface area contributed by atoms with Crippen LogP contribution in [0.5, 0.6) is 0 Å². The van der Waals surface area contributed by atoms with Gasteiger partial charge in [-0.05, 0) is 51.2 Å². The standard InChI is InChI=1S/C15H14F3N3OS/c1-4-20-13(23)21(12(22)14(20,2)3)10-6-5-9(8-19)11(7-10)15(16,17)18/h5-7H,4H2,1-3H3. The molecule has 4 nitrogen and oxygen atoms in total. The number of benzene rings is 1. The molecule has 1 saturated heterocycles. The van der Waals surface area contributed by atoms with Crippen molar-refractivity contribution in [1.29, 1.82) is 5.26 Å². The average Bonchev–Trinajstić information content (AvgIpc) is 2.63. The highest BCUT2D eigenvalue weighted by Crippen LogP contribution is 2.37. The first-order valence-corrected chi connectivity index (χ1v) is 7.24. The van der Waals surface area contributed by atoms with E-state index in [1.54, 1.807) is 18.7 Å². The van der Waals surface area contributed by atoms with Gasteiger partial charge in [0.05, 0.1) is 22.9 Å². The molecule has 1 aromatic carbocycles. The molecule has 122 valence electrons. The van der Waals surface area contributed by atoms with E-state index in [2.05, 4.69) is 0 Å². The molecule has 0 atom stereocenters. The number of nitrogens with zero attached hydrogens (tertiary/aromatic N) is 3. The van der Waals surface area contributed by atoms with E-state index < -0.39 is 28.7 Å². The Kier molecular flexibility index (Phi) is 4.11. The molecular formula is C15H14F3N3OS. The van der Waals surface area contributed by atoms with Gasteiger partial charge in [0.1, 0.15) is 5.54 Å². The Balaban J connectivity index is 2.58. The Morgan fingerprint density at radius 2 is 1.96 bits per heavy atom. The van der Waals surface area contributed by atoms with Crippen LogP contribution in [-0.2, 0) is 11.0 Å². The number of amides is 1. The van der Waals surface area contributed by atoms with E-state index in [0.717, 1.165) is 17.0 Å². The zero-order valence-corrected chi connectivity index (χ0v) is 13.5. The van der Waals surface area contributed by atoms with Gasteiger partial charge in [-0.15, -0.1) is 0 Å². The molecule has 1 amide bonds. The number of halogens is 3. The van der Waals surface area contributed by atoms with Crippen molar-refractivity contribution in [1.82, 2.24) is 4.90 Å². The van der Waals surface area contributed by atoms with E-state index in [-0.39, 0.29) is 10.8 Å². The zero-order chi connectivity index (χ0) is 17.6. The van der Waals surface area contributed by atoms with Gasteiger partial charge in [-0.2, -0.15) is 18.4 Å². The Hall–Kier alpha value is -2.14. The van der Waals surface area contributed by atoms with Crippen LogP contribution in [0.3, 0.4) is 0 Å². The van der Waals surface area contributed by atoms with Gasteiger partial charge in [-0.25, -0.2) is 0 Å². The Morgan fingerprint density at radius 3 is 2.39 bits per heavy atom. The van der Waals surface area contributed by atoms with Crippen molar-refractivity contribution in [2.75, 3.05) is 11.4 Å². The van der Waals surface area contributed by atoms with Crippen molar-refractivity contribution in [3.8, 4) is 6.07 Å². The van der Waals surface area contributed by atoms with Crippen molar-refractivity contribution in [2.24, 2.45) is 0 Å². The molecule has 0 radical (unpaired) electrons. The van der Waals surface area contributed by atoms with E-state index in [4.69, 9.17) is 17.5 Å². The quantitative estimate of drug-likeness (QED) is 0.775. The Bertz CT molecular complexity index is 722. The molecule has 8 heteroatoms. The lowest BCUT2D eigenvalue weighted by molar-refractivity contribution is -0.137. The third-order valence-electron chi connectivity index (χ3n) is 3.83. The molecule has 0 bridgehead atoms. The van der Waals surface area contributed by atoms with Crippen LogP contribution in [-0.4, -0.2) is 28.0 Å². The SMILES string of the molecule is CCN1C(=S)N(c2ccc(C#N)c(C(F)(F)F)c2)C(=O)C1(C)C. The minimum Gasteiger partial charge on any atom is -0.335 e. The highest BCUT2D eigenvalue weighted by molar-refractivity contribution is 7.80. The number of hydrogen-bond donors (Lipinski definition) is 0. The monoisotopic (exact) mass is 341 g/mol. The molecule has 0 N–H and O–H groups in total. The highest BCUT2D eigenvalue weighted by atomic mass is 32.1. The van der Waals surface area contributed by atoms with Crippen molar-refractivity contribution in [3.05, 3.63) is 29.3 Å². The molecule has 1 aliphatic rings. The number of hydrogen-bond acceptors (Lipinski definition) is 3. The first-order chi connectivity index (χ1) is 10.6. The second kappa shape index (κ2) is 5.49. The summed E-state index contributed by atoms with van der Waals surface area (Å²) in [5.41, 5.74) is -2.50. The van der Waals surface area contributed by atoms with Gasteiger partial charge in [0.25, 0.3) is 5.91 Å². The topological polar surface area (TPSA) is 47.3 Å². The summed E-state index contributed by atoms with van der Waals surface area (Å²) in [4.78, 5) is 15.3. The van der Waals surface area contributed by atoms with Gasteiger partial charge in [-0.3, -0.25) is 9.69 Å². The third-order valence-corrected chi connectivity index (χ3v) is 4.23. The fourth-order valence-electron chi connectivity index (χ4n) is 2.60. The number of alkyl halides is 3. The maximum Gasteiger partial charge on any atom is 0.417 e. The number of thiocarbonyl (C=S) groups is 1. The maximum atomic E-state index is 13.1. The minimum absolute atomic E-state index is 0.00958. The number of anilines is 1.